The third-order valence-electron chi connectivity index (χ3n) is 4.08. The first-order chi connectivity index (χ1) is 13.4. The minimum absolute atomic E-state index is 0.153. The first-order valence-corrected chi connectivity index (χ1v) is 9.05. The largest absolute Gasteiger partial charge is 0.483 e. The molecular weight excluding hydrogens is 362 g/mol. The summed E-state index contributed by atoms with van der Waals surface area (Å²) in [4.78, 5) is 40.3. The third-order valence-corrected chi connectivity index (χ3v) is 4.08. The van der Waals surface area contributed by atoms with Gasteiger partial charge in [0.05, 0.1) is 18.4 Å². The van der Waals surface area contributed by atoms with Crippen molar-refractivity contribution < 1.29 is 24.6 Å². The predicted molar refractivity (Wildman–Crippen MR) is 104 cm³/mol. The number of amides is 1. The van der Waals surface area contributed by atoms with Crippen LogP contribution in [0.5, 0.6) is 0 Å². The molecule has 2 rings (SSSR count). The lowest BCUT2D eigenvalue weighted by Crippen LogP contribution is -2.35. The fourth-order valence-electron chi connectivity index (χ4n) is 2.70. The molecule has 1 heterocycles. The number of aryl methyl sites for hydroxylation is 3. The summed E-state index contributed by atoms with van der Waals surface area (Å²) in [6, 6.07) is 8.39. The van der Waals surface area contributed by atoms with E-state index in [1.54, 1.807) is 6.20 Å². The smallest absolute Gasteiger partial charge is 0.323 e. The monoisotopic (exact) mass is 389 g/mol. The second-order valence-electron chi connectivity index (χ2n) is 6.27. The number of nitrogens with zero attached hydrogens (tertiary/aromatic N) is 2. The number of nitrogens with one attached hydrogen (secondary N) is 1. The lowest BCUT2D eigenvalue weighted by Gasteiger charge is -2.20. The second-order valence-corrected chi connectivity index (χ2v) is 6.27. The van der Waals surface area contributed by atoms with Gasteiger partial charge in [-0.25, -0.2) is 4.98 Å². The summed E-state index contributed by atoms with van der Waals surface area (Å²) < 4.78 is 0. The van der Waals surface area contributed by atoms with Gasteiger partial charge in [-0.1, -0.05) is 31.2 Å². The first-order valence-electron chi connectivity index (χ1n) is 9.05. The number of carboxylic acid groups (broad SMARTS) is 2. The Balaban J connectivity index is 0.00000122. The summed E-state index contributed by atoms with van der Waals surface area (Å²) in [5, 5.41) is 15.9. The zero-order chi connectivity index (χ0) is 20.9. The minimum Gasteiger partial charge on any atom is -0.483 e. The average molecular weight is 389 g/mol. The van der Waals surface area contributed by atoms with Crippen molar-refractivity contribution in [3.05, 3.63) is 53.1 Å². The molecule has 1 aromatic carbocycles. The lowest BCUT2D eigenvalue weighted by molar-refractivity contribution is -0.145. The molecule has 1 aromatic heterocycles. The number of aliphatic carboxylic acids is 1. The normalized spacial score (nSPS) is 9.93. The van der Waals surface area contributed by atoms with Gasteiger partial charge in [0, 0.05) is 6.42 Å². The molecule has 28 heavy (non-hydrogen) atoms. The third kappa shape index (κ3) is 8.48. The van der Waals surface area contributed by atoms with Crippen LogP contribution >= 0.6 is 0 Å². The SMILES string of the molecule is CCc1ccc(CCCC(=O)N(CC(=O)O)Cc2cnc(C)[nH]2)cc1.O=CO. The van der Waals surface area contributed by atoms with Gasteiger partial charge < -0.3 is 20.1 Å². The summed E-state index contributed by atoms with van der Waals surface area (Å²) in [6.07, 6.45) is 4.47. The average Bonchev–Trinajstić information content (AvgIpc) is 3.07. The van der Waals surface area contributed by atoms with Crippen LogP contribution in [0.3, 0.4) is 0 Å². The molecule has 0 spiro atoms. The van der Waals surface area contributed by atoms with Crippen LogP contribution in [0, 0.1) is 6.92 Å². The van der Waals surface area contributed by atoms with Crippen molar-refractivity contribution in [3.63, 3.8) is 0 Å². The van der Waals surface area contributed by atoms with Crippen molar-refractivity contribution in [1.82, 2.24) is 14.9 Å². The Morgan fingerprint density at radius 1 is 1.21 bits per heavy atom. The van der Waals surface area contributed by atoms with Crippen LogP contribution in [0.15, 0.2) is 30.5 Å². The van der Waals surface area contributed by atoms with E-state index in [-0.39, 0.29) is 25.5 Å². The van der Waals surface area contributed by atoms with Crippen molar-refractivity contribution >= 4 is 18.3 Å². The molecular formula is C20H27N3O5. The van der Waals surface area contributed by atoms with Gasteiger partial charge in [0.1, 0.15) is 12.4 Å². The zero-order valence-corrected chi connectivity index (χ0v) is 16.2. The van der Waals surface area contributed by atoms with E-state index < -0.39 is 5.97 Å². The molecule has 8 nitrogen and oxygen atoms in total. The van der Waals surface area contributed by atoms with E-state index in [4.69, 9.17) is 15.0 Å². The van der Waals surface area contributed by atoms with Crippen LogP contribution in [0.1, 0.15) is 42.4 Å². The summed E-state index contributed by atoms with van der Waals surface area (Å²) in [5.74, 6) is -0.423. The molecule has 0 saturated heterocycles. The summed E-state index contributed by atoms with van der Waals surface area (Å²) in [7, 11) is 0. The highest BCUT2D eigenvalue weighted by molar-refractivity contribution is 5.81. The van der Waals surface area contributed by atoms with Gasteiger partial charge in [0.2, 0.25) is 5.91 Å². The van der Waals surface area contributed by atoms with Gasteiger partial charge in [-0.15, -0.1) is 0 Å². The van der Waals surface area contributed by atoms with E-state index in [9.17, 15) is 9.59 Å². The Hall–Kier alpha value is -3.16. The van der Waals surface area contributed by atoms with E-state index >= 15 is 0 Å². The number of hydrogen-bond donors (Lipinski definition) is 3. The molecule has 2 aromatic rings. The van der Waals surface area contributed by atoms with Crippen molar-refractivity contribution in [2.45, 2.75) is 46.1 Å². The molecule has 0 radical (unpaired) electrons. The molecule has 0 aliphatic carbocycles. The molecule has 0 bridgehead atoms. The molecule has 0 atom stereocenters. The number of imidazole rings is 1. The van der Waals surface area contributed by atoms with E-state index in [0.29, 0.717) is 12.8 Å². The number of rotatable bonds is 9. The number of hydrogen-bond acceptors (Lipinski definition) is 4. The van der Waals surface area contributed by atoms with Crippen LogP contribution in [0.25, 0.3) is 0 Å². The van der Waals surface area contributed by atoms with Gasteiger partial charge in [-0.3, -0.25) is 14.4 Å². The van der Waals surface area contributed by atoms with E-state index in [0.717, 1.165) is 24.4 Å². The quantitative estimate of drug-likeness (QED) is 0.566. The van der Waals surface area contributed by atoms with Gasteiger partial charge in [0.15, 0.2) is 0 Å². The topological polar surface area (TPSA) is 124 Å². The maximum absolute atomic E-state index is 12.4. The number of carbonyl (C=O) groups is 3. The van der Waals surface area contributed by atoms with Crippen LogP contribution < -0.4 is 0 Å². The van der Waals surface area contributed by atoms with Crippen molar-refractivity contribution in [2.75, 3.05) is 6.54 Å². The molecule has 8 heteroatoms. The Labute approximate surface area is 164 Å². The van der Waals surface area contributed by atoms with E-state index in [1.807, 2.05) is 6.92 Å². The summed E-state index contributed by atoms with van der Waals surface area (Å²) in [6.45, 7) is 3.61. The number of aromatic amines is 1. The second kappa shape index (κ2) is 12.3. The van der Waals surface area contributed by atoms with Crippen LogP contribution in [-0.2, 0) is 33.8 Å². The predicted octanol–water partition coefficient (Wildman–Crippen LogP) is 2.42. The van der Waals surface area contributed by atoms with Crippen LogP contribution in [0.4, 0.5) is 0 Å². The fraction of sp³-hybridized carbons (Fsp3) is 0.400. The van der Waals surface area contributed by atoms with Crippen LogP contribution in [0.2, 0.25) is 0 Å². The molecule has 152 valence electrons. The standard InChI is InChI=1S/C19H25N3O3.CH2O2/c1-3-15-7-9-16(10-8-15)5-4-6-18(23)22(13-19(24)25)12-17-11-20-14(2)21-17;2-1-3/h7-11H,3-6,12-13H2,1-2H3,(H,20,21)(H,24,25);1H,(H,2,3). The maximum atomic E-state index is 12.4. The molecule has 0 aliphatic heterocycles. The summed E-state index contributed by atoms with van der Waals surface area (Å²) >= 11 is 0. The number of carboxylic acids is 1. The number of carbonyl (C=O) groups excluding carboxylic acids is 1. The number of aromatic nitrogens is 2. The van der Waals surface area contributed by atoms with Gasteiger partial charge in [-0.2, -0.15) is 0 Å². The minimum atomic E-state index is -1.01. The van der Waals surface area contributed by atoms with Crippen molar-refractivity contribution in [1.29, 1.82) is 0 Å². The molecule has 0 aliphatic rings. The van der Waals surface area contributed by atoms with Gasteiger partial charge in [-0.05, 0) is 37.3 Å². The number of benzene rings is 1. The first kappa shape index (κ1) is 22.9. The highest BCUT2D eigenvalue weighted by Crippen LogP contribution is 2.11. The molecule has 0 saturated carbocycles. The Kier molecular flexibility index (Phi) is 10.0. The molecule has 0 fully saturated rings. The highest BCUT2D eigenvalue weighted by Gasteiger charge is 2.17. The lowest BCUT2D eigenvalue weighted by atomic mass is 10.0. The maximum Gasteiger partial charge on any atom is 0.323 e. The van der Waals surface area contributed by atoms with Crippen LogP contribution in [-0.4, -0.2) is 50.0 Å². The summed E-state index contributed by atoms with van der Waals surface area (Å²) in [5.41, 5.74) is 3.23. The molecule has 3 N–H and O–H groups in total. The van der Waals surface area contributed by atoms with Crippen molar-refractivity contribution in [2.24, 2.45) is 0 Å². The van der Waals surface area contributed by atoms with E-state index in [1.165, 1.54) is 16.0 Å². The Morgan fingerprint density at radius 2 is 1.82 bits per heavy atom. The van der Waals surface area contributed by atoms with E-state index in [2.05, 4.69) is 41.2 Å². The molecule has 1 amide bonds. The Bertz CT molecular complexity index is 755. The Morgan fingerprint density at radius 3 is 2.32 bits per heavy atom. The fourth-order valence-corrected chi connectivity index (χ4v) is 2.70. The molecule has 0 unspecified atom stereocenters. The van der Waals surface area contributed by atoms with Crippen molar-refractivity contribution in [3.8, 4) is 0 Å². The van der Waals surface area contributed by atoms with Gasteiger partial charge >= 0.3 is 5.97 Å². The highest BCUT2D eigenvalue weighted by atomic mass is 16.4. The van der Waals surface area contributed by atoms with Gasteiger partial charge in [0.25, 0.3) is 6.47 Å². The zero-order valence-electron chi connectivity index (χ0n) is 16.2. The number of H-pyrrole nitrogens is 1.